The molecule has 0 saturated carbocycles. The van der Waals surface area contributed by atoms with Crippen molar-refractivity contribution < 1.29 is 34.0 Å². The number of quaternary nitrogens is 1. The van der Waals surface area contributed by atoms with E-state index < -0.39 is 41.0 Å². The fraction of sp³-hybridized carbons (Fsp3) is 0.512. The van der Waals surface area contributed by atoms with Crippen LogP contribution in [0.4, 0.5) is 4.79 Å². The molecule has 0 spiro atoms. The first-order valence-electron chi connectivity index (χ1n) is 19.5. The summed E-state index contributed by atoms with van der Waals surface area (Å²) in [6, 6.07) is 18.1. The van der Waals surface area contributed by atoms with Gasteiger partial charge in [0.05, 0.1) is 13.7 Å². The van der Waals surface area contributed by atoms with Crippen LogP contribution in [0.25, 0.3) is 11.1 Å². The van der Waals surface area contributed by atoms with Crippen molar-refractivity contribution in [3.63, 3.8) is 0 Å². The molecule has 0 radical (unpaired) electrons. The van der Waals surface area contributed by atoms with Gasteiger partial charge in [-0.05, 0) is 65.0 Å². The molecule has 4 atom stereocenters. The van der Waals surface area contributed by atoms with E-state index in [1.54, 1.807) is 12.4 Å². The first-order valence-corrected chi connectivity index (χ1v) is 19.5. The number of aryl methyl sites for hydroxylation is 1. The smallest absolute Gasteiger partial charge is 0.407 e. The molecular weight excluding hydrogens is 697 g/mol. The lowest BCUT2D eigenvalue weighted by molar-refractivity contribution is -0.950. The molecule has 1 aromatic heterocycles. The number of alkyl carbamates (subject to hydrolysis) is 1. The van der Waals surface area contributed by atoms with Crippen molar-refractivity contribution in [3.05, 3.63) is 89.7 Å². The number of nitrogens with zero attached hydrogens (tertiary/aromatic N) is 1. The van der Waals surface area contributed by atoms with Gasteiger partial charge in [0.15, 0.2) is 0 Å². The van der Waals surface area contributed by atoms with E-state index in [1.807, 2.05) is 102 Å². The van der Waals surface area contributed by atoms with Gasteiger partial charge in [0, 0.05) is 37.3 Å². The number of rotatable bonds is 20. The zero-order chi connectivity index (χ0) is 40.6. The number of benzene rings is 2. The number of ether oxygens (including phenoxy) is 1. The quantitative estimate of drug-likeness (QED) is 0.0936. The van der Waals surface area contributed by atoms with E-state index in [-0.39, 0.29) is 24.7 Å². The van der Waals surface area contributed by atoms with Gasteiger partial charge in [-0.1, -0.05) is 103 Å². The average Bonchev–Trinajstić information content (AvgIpc) is 3.15. The van der Waals surface area contributed by atoms with E-state index >= 15 is 0 Å². The van der Waals surface area contributed by atoms with Crippen LogP contribution in [-0.2, 0) is 38.5 Å². The molecule has 3 aromatic rings. The first-order chi connectivity index (χ1) is 26.1. The highest BCUT2D eigenvalue weighted by molar-refractivity contribution is 5.91. The van der Waals surface area contributed by atoms with Crippen LogP contribution in [0.2, 0.25) is 0 Å². The van der Waals surface area contributed by atoms with E-state index in [0.29, 0.717) is 31.1 Å². The van der Waals surface area contributed by atoms with E-state index in [9.17, 15) is 24.3 Å². The van der Waals surface area contributed by atoms with Gasteiger partial charge in [0.25, 0.3) is 11.8 Å². The third-order valence-electron chi connectivity index (χ3n) is 9.60. The summed E-state index contributed by atoms with van der Waals surface area (Å²) in [5.74, 6) is -1.53. The molecule has 2 aromatic carbocycles. The number of aliphatic hydroxyl groups is 1. The van der Waals surface area contributed by atoms with Gasteiger partial charge in [-0.15, -0.1) is 0 Å². The van der Waals surface area contributed by atoms with E-state index in [2.05, 4.69) is 33.3 Å². The number of carbonyl (C=O) groups excluding carboxylic acids is 4. The Kier molecular flexibility index (Phi) is 17.3. The van der Waals surface area contributed by atoms with Crippen LogP contribution in [0.5, 0.6) is 0 Å². The number of hydrogen-bond acceptors (Lipinski definition) is 7. The number of amides is 4. The number of aromatic nitrogens is 1. The molecule has 300 valence electrons. The zero-order valence-corrected chi connectivity index (χ0v) is 34.0. The van der Waals surface area contributed by atoms with Gasteiger partial charge >= 0.3 is 6.09 Å². The Balaban J connectivity index is 1.91. The van der Waals surface area contributed by atoms with Crippen LogP contribution < -0.4 is 26.4 Å². The van der Waals surface area contributed by atoms with Crippen molar-refractivity contribution in [2.75, 3.05) is 20.2 Å². The van der Waals surface area contributed by atoms with E-state index in [1.165, 1.54) is 12.7 Å². The van der Waals surface area contributed by atoms with Crippen LogP contribution in [0.3, 0.4) is 0 Å². The molecule has 0 saturated heterocycles. The topological polar surface area (TPSA) is 163 Å². The molecule has 0 aliphatic carbocycles. The predicted octanol–water partition coefficient (Wildman–Crippen LogP) is 4.31. The summed E-state index contributed by atoms with van der Waals surface area (Å²) in [6.45, 7) is 14.5. The average molecular weight is 760 g/mol. The van der Waals surface area contributed by atoms with Gasteiger partial charge in [0.1, 0.15) is 24.2 Å². The Morgan fingerprint density at radius 3 is 1.98 bits per heavy atom. The van der Waals surface area contributed by atoms with Crippen molar-refractivity contribution in [2.45, 2.75) is 111 Å². The molecule has 0 aliphatic rings. The second kappa shape index (κ2) is 21.3. The van der Waals surface area contributed by atoms with Gasteiger partial charge in [-0.2, -0.15) is 0 Å². The Bertz CT molecular complexity index is 1660. The monoisotopic (exact) mass is 759 g/mol. The molecule has 12 nitrogen and oxygen atoms in total. The molecule has 0 aliphatic heterocycles. The molecule has 0 bridgehead atoms. The van der Waals surface area contributed by atoms with Gasteiger partial charge < -0.3 is 25.8 Å². The molecule has 1 heterocycles. The summed E-state index contributed by atoms with van der Waals surface area (Å²) in [6.07, 6.45) is 5.88. The number of nitrogens with one attached hydrogen (secondary N) is 5. The second-order valence-corrected chi connectivity index (χ2v) is 15.8. The molecule has 55 heavy (non-hydrogen) atoms. The first kappa shape index (κ1) is 44.6. The zero-order valence-electron chi connectivity index (χ0n) is 34.0. The number of hydrogen-bond donors (Lipinski definition) is 6. The summed E-state index contributed by atoms with van der Waals surface area (Å²) in [5.41, 5.74) is 5.54. The number of methoxy groups -OCH3 is 1. The minimum absolute atomic E-state index is 0.0416. The molecular formula is C43H63N6O6+. The summed E-state index contributed by atoms with van der Waals surface area (Å²) >= 11 is 0. The standard InChI is InChI=1S/C43H62N6O6/c1-9-12-31-13-15-32(16-14-31)28-43(54,40(52)46-36(30(3)4)38(50)45-24-10-2)23-11-27-49(48-39(51)37(42(5,6)7)47-41(53)55-8)29-33-17-19-34(20-18-33)35-21-25-44-26-22-35/h13-22,25-26,30,36-37,54H,9-12,23-24,27-29H2,1-8H3,(H,45,50)(H,46,52)(H,47,53)(H,48,51)/p+1/t36-,37+,43+/m0/s1. The minimum atomic E-state index is -1.86. The molecule has 4 amide bonds. The van der Waals surface area contributed by atoms with Crippen molar-refractivity contribution in [3.8, 4) is 11.1 Å². The summed E-state index contributed by atoms with van der Waals surface area (Å²) in [5, 5.41) is 21.3. The predicted molar refractivity (Wildman–Crippen MR) is 215 cm³/mol. The summed E-state index contributed by atoms with van der Waals surface area (Å²) < 4.78 is 4.81. The molecule has 6 N–H and O–H groups in total. The molecule has 12 heteroatoms. The van der Waals surface area contributed by atoms with Crippen molar-refractivity contribution in [1.82, 2.24) is 26.4 Å². The fourth-order valence-corrected chi connectivity index (χ4v) is 6.39. The molecule has 0 fully saturated rings. The van der Waals surface area contributed by atoms with Gasteiger partial charge in [-0.3, -0.25) is 19.4 Å². The highest BCUT2D eigenvalue weighted by atomic mass is 16.5. The van der Waals surface area contributed by atoms with Crippen molar-refractivity contribution in [2.24, 2.45) is 11.3 Å². The molecule has 3 rings (SSSR count). The number of pyridine rings is 1. The van der Waals surface area contributed by atoms with Crippen LogP contribution in [-0.4, -0.2) is 71.8 Å². The van der Waals surface area contributed by atoms with E-state index in [0.717, 1.165) is 41.5 Å². The van der Waals surface area contributed by atoms with Gasteiger partial charge in [-0.25, -0.2) is 15.2 Å². The Morgan fingerprint density at radius 1 is 0.818 bits per heavy atom. The Labute approximate surface area is 327 Å². The fourth-order valence-electron chi connectivity index (χ4n) is 6.39. The SMILES string of the molecule is CCCNC(=O)[C@@H](NC(=O)[C@@](O)(CCC[NH+](Cc1ccc(-c2ccncc2)cc1)NC(=O)[C@@H](NC(=O)OC)C(C)(C)C)Cc1ccc(CCC)cc1)C(C)C. The van der Waals surface area contributed by atoms with Crippen LogP contribution in [0.1, 0.15) is 90.8 Å². The van der Waals surface area contributed by atoms with Crippen molar-refractivity contribution >= 4 is 23.8 Å². The highest BCUT2D eigenvalue weighted by Crippen LogP contribution is 2.23. The van der Waals surface area contributed by atoms with Crippen LogP contribution in [0.15, 0.2) is 73.1 Å². The third kappa shape index (κ3) is 14.1. The Morgan fingerprint density at radius 2 is 1.42 bits per heavy atom. The maximum absolute atomic E-state index is 14.1. The maximum Gasteiger partial charge on any atom is 0.407 e. The van der Waals surface area contributed by atoms with Gasteiger partial charge in [0.2, 0.25) is 5.91 Å². The lowest BCUT2D eigenvalue weighted by Crippen LogP contribution is -3.18. The third-order valence-corrected chi connectivity index (χ3v) is 9.60. The summed E-state index contributed by atoms with van der Waals surface area (Å²) in [7, 11) is 1.25. The van der Waals surface area contributed by atoms with Crippen LogP contribution >= 0.6 is 0 Å². The normalized spacial score (nSPS) is 14.2. The lowest BCUT2D eigenvalue weighted by atomic mass is 9.86. The lowest BCUT2D eigenvalue weighted by Gasteiger charge is -2.32. The highest BCUT2D eigenvalue weighted by Gasteiger charge is 2.40. The summed E-state index contributed by atoms with van der Waals surface area (Å²) in [4.78, 5) is 57.3. The maximum atomic E-state index is 14.1. The van der Waals surface area contributed by atoms with Crippen LogP contribution in [0, 0.1) is 11.3 Å². The minimum Gasteiger partial charge on any atom is -0.453 e. The second-order valence-electron chi connectivity index (χ2n) is 15.8. The number of carbonyl (C=O) groups is 4. The Hall–Kier alpha value is -4.81. The van der Waals surface area contributed by atoms with E-state index in [4.69, 9.17) is 4.74 Å². The molecule has 1 unspecified atom stereocenters. The largest absolute Gasteiger partial charge is 0.453 e. The van der Waals surface area contributed by atoms with Crippen molar-refractivity contribution in [1.29, 1.82) is 0 Å².